The first-order valence-electron chi connectivity index (χ1n) is 16.5. The number of hydrogen-bond acceptors (Lipinski definition) is 8. The van der Waals surface area contributed by atoms with Crippen LogP contribution in [0.3, 0.4) is 0 Å². The molecule has 0 radical (unpaired) electrons. The van der Waals surface area contributed by atoms with Crippen LogP contribution >= 0.6 is 0 Å². The topological polar surface area (TPSA) is 122 Å². The van der Waals surface area contributed by atoms with Crippen molar-refractivity contribution in [3.05, 3.63) is 72.2 Å². The second-order valence-corrected chi connectivity index (χ2v) is 27.5. The van der Waals surface area contributed by atoms with Crippen molar-refractivity contribution < 1.29 is 40.2 Å². The van der Waals surface area contributed by atoms with Gasteiger partial charge in [-0.05, 0) is 30.3 Å². The van der Waals surface area contributed by atoms with E-state index in [1.54, 1.807) is 17.0 Å². The van der Waals surface area contributed by atoms with E-state index in [1.165, 1.54) is 16.8 Å². The Morgan fingerprint density at radius 1 is 0.865 bits per heavy atom. The van der Waals surface area contributed by atoms with E-state index in [-0.39, 0.29) is 19.0 Å². The van der Waals surface area contributed by atoms with Crippen LogP contribution in [0.15, 0.2) is 53.8 Å². The second kappa shape index (κ2) is 15.5. The van der Waals surface area contributed by atoms with E-state index in [4.69, 9.17) is 14.2 Å². The molecule has 0 saturated carbocycles. The van der Waals surface area contributed by atoms with E-state index in [1.807, 2.05) is 4.72 Å². The van der Waals surface area contributed by atoms with Crippen molar-refractivity contribution in [1.82, 2.24) is 24.3 Å². The van der Waals surface area contributed by atoms with Gasteiger partial charge in [-0.1, -0.05) is 45.3 Å². The van der Waals surface area contributed by atoms with Gasteiger partial charge in [-0.15, -0.1) is 0 Å². The van der Waals surface area contributed by atoms with Crippen molar-refractivity contribution in [1.29, 1.82) is 0 Å². The lowest BCUT2D eigenvalue weighted by Gasteiger charge is -2.16. The van der Waals surface area contributed by atoms with Crippen LogP contribution in [-0.4, -0.2) is 69.2 Å². The standard InChI is InChI=1S/C34H42F4N6O5SSi2/c1-47-34-27(18-22(35)19-40-34)50(45,46)42-26-11-10-25(36)28(30(26)38)23-8-9-24-31(33-39-12-13-43(33)20-48-14-16-51(2,3)4)41-44(32(24)29(23)37)21-49-15-17-52(5,6)7/h8-13,18-19,42H,14-17,20-21H2,1-7H3. The Bertz CT molecular complexity index is 2190. The third kappa shape index (κ3) is 8.91. The highest BCUT2D eigenvalue weighted by molar-refractivity contribution is 7.92. The number of ether oxygens (including phenoxy) is 3. The van der Waals surface area contributed by atoms with Gasteiger partial charge in [0.25, 0.3) is 10.0 Å². The van der Waals surface area contributed by atoms with Gasteiger partial charge in [-0.3, -0.25) is 4.72 Å². The fraction of sp³-hybridized carbons (Fsp3) is 0.382. The van der Waals surface area contributed by atoms with Crippen LogP contribution in [0.5, 0.6) is 5.88 Å². The molecule has 5 rings (SSSR count). The van der Waals surface area contributed by atoms with Gasteiger partial charge in [-0.25, -0.2) is 40.6 Å². The number of fused-ring (bicyclic) bond motifs is 1. The Morgan fingerprint density at radius 2 is 1.54 bits per heavy atom. The highest BCUT2D eigenvalue weighted by atomic mass is 32.2. The SMILES string of the molecule is COc1ncc(F)cc1S(=O)(=O)Nc1ccc(F)c(-c2ccc3c(-c4nccn4COCC[Si](C)(C)C)nn(COCC[Si](C)(C)C)c3c2F)c1F. The van der Waals surface area contributed by atoms with Gasteiger partial charge < -0.3 is 18.8 Å². The average molecular weight is 779 g/mol. The number of nitrogens with one attached hydrogen (secondary N) is 1. The van der Waals surface area contributed by atoms with E-state index in [2.05, 4.69) is 54.3 Å². The molecular formula is C34H42F4N6O5SSi2. The summed E-state index contributed by atoms with van der Waals surface area (Å²) in [5.74, 6) is -4.65. The van der Waals surface area contributed by atoms with Crippen LogP contribution in [0.25, 0.3) is 33.5 Å². The predicted octanol–water partition coefficient (Wildman–Crippen LogP) is 7.95. The van der Waals surface area contributed by atoms with Gasteiger partial charge in [-0.2, -0.15) is 5.10 Å². The minimum Gasteiger partial charge on any atom is -0.480 e. The summed E-state index contributed by atoms with van der Waals surface area (Å²) in [6, 6.07) is 6.73. The summed E-state index contributed by atoms with van der Waals surface area (Å²) in [7, 11) is -6.38. The highest BCUT2D eigenvalue weighted by Gasteiger charge is 2.28. The molecule has 0 aliphatic heterocycles. The maximum Gasteiger partial charge on any atom is 0.267 e. The summed E-state index contributed by atoms with van der Waals surface area (Å²) < 4.78 is 110. The molecular weight excluding hydrogens is 737 g/mol. The van der Waals surface area contributed by atoms with E-state index in [0.717, 1.165) is 37.5 Å². The van der Waals surface area contributed by atoms with Crippen molar-refractivity contribution in [3.63, 3.8) is 0 Å². The largest absolute Gasteiger partial charge is 0.480 e. The van der Waals surface area contributed by atoms with Gasteiger partial charge in [0, 0.05) is 58.8 Å². The van der Waals surface area contributed by atoms with Crippen LogP contribution in [0, 0.1) is 23.3 Å². The zero-order chi connectivity index (χ0) is 38.0. The summed E-state index contributed by atoms with van der Waals surface area (Å²) in [5, 5.41) is 4.96. The second-order valence-electron chi connectivity index (χ2n) is 14.6. The number of sulfonamides is 1. The molecule has 0 spiro atoms. The third-order valence-electron chi connectivity index (χ3n) is 8.09. The minimum absolute atomic E-state index is 0.102. The fourth-order valence-electron chi connectivity index (χ4n) is 5.22. The molecule has 0 bridgehead atoms. The number of anilines is 1. The lowest BCUT2D eigenvalue weighted by atomic mass is 10.0. The first-order chi connectivity index (χ1) is 24.4. The number of benzene rings is 2. The summed E-state index contributed by atoms with van der Waals surface area (Å²) >= 11 is 0. The van der Waals surface area contributed by atoms with Crippen LogP contribution in [0.2, 0.25) is 51.4 Å². The quantitative estimate of drug-likeness (QED) is 0.0609. The number of nitrogens with zero attached hydrogens (tertiary/aromatic N) is 5. The highest BCUT2D eigenvalue weighted by Crippen LogP contribution is 2.38. The maximum absolute atomic E-state index is 16.8. The van der Waals surface area contributed by atoms with Crippen molar-refractivity contribution in [2.24, 2.45) is 0 Å². The third-order valence-corrected chi connectivity index (χ3v) is 12.9. The number of aromatic nitrogens is 5. The van der Waals surface area contributed by atoms with Crippen molar-refractivity contribution in [3.8, 4) is 28.5 Å². The van der Waals surface area contributed by atoms with Crippen LogP contribution in [0.4, 0.5) is 23.2 Å². The first kappa shape index (κ1) is 39.1. The molecule has 0 saturated heterocycles. The van der Waals surface area contributed by atoms with E-state index >= 15 is 13.2 Å². The first-order valence-corrected chi connectivity index (χ1v) is 25.4. The zero-order valence-electron chi connectivity index (χ0n) is 30.1. The lowest BCUT2D eigenvalue weighted by molar-refractivity contribution is 0.0812. The van der Waals surface area contributed by atoms with E-state index in [9.17, 15) is 12.8 Å². The predicted molar refractivity (Wildman–Crippen MR) is 196 cm³/mol. The lowest BCUT2D eigenvalue weighted by Crippen LogP contribution is -2.22. The van der Waals surface area contributed by atoms with Gasteiger partial charge in [0.05, 0.1) is 24.6 Å². The van der Waals surface area contributed by atoms with Gasteiger partial charge in [0.2, 0.25) is 5.88 Å². The molecule has 18 heteroatoms. The Morgan fingerprint density at radius 3 is 2.19 bits per heavy atom. The molecule has 0 aliphatic rings. The molecule has 3 aromatic heterocycles. The van der Waals surface area contributed by atoms with Gasteiger partial charge in [0.15, 0.2) is 22.4 Å². The molecule has 0 aliphatic carbocycles. The number of methoxy groups -OCH3 is 1. The normalized spacial score (nSPS) is 12.5. The molecule has 0 fully saturated rings. The number of hydrogen-bond donors (Lipinski definition) is 1. The summed E-state index contributed by atoms with van der Waals surface area (Å²) in [6.45, 7) is 14.3. The van der Waals surface area contributed by atoms with Gasteiger partial charge >= 0.3 is 0 Å². The van der Waals surface area contributed by atoms with Gasteiger partial charge in [0.1, 0.15) is 36.3 Å². The van der Waals surface area contributed by atoms with Crippen molar-refractivity contribution in [2.75, 3.05) is 25.0 Å². The van der Waals surface area contributed by atoms with Crippen LogP contribution in [-0.2, 0) is 33.0 Å². The van der Waals surface area contributed by atoms with Crippen LogP contribution < -0.4 is 9.46 Å². The number of pyridine rings is 1. The number of halogens is 4. The summed E-state index contributed by atoms with van der Waals surface area (Å²) in [6.07, 6.45) is 4.04. The van der Waals surface area contributed by atoms with Crippen LogP contribution in [0.1, 0.15) is 0 Å². The molecule has 3 heterocycles. The van der Waals surface area contributed by atoms with E-state index < -0.39 is 77.0 Å². The Balaban J connectivity index is 1.57. The smallest absolute Gasteiger partial charge is 0.267 e. The summed E-state index contributed by atoms with van der Waals surface area (Å²) in [4.78, 5) is 7.34. The average Bonchev–Trinajstić information content (AvgIpc) is 3.67. The number of imidazole rings is 1. The Labute approximate surface area is 302 Å². The zero-order valence-corrected chi connectivity index (χ0v) is 32.9. The molecule has 0 atom stereocenters. The Kier molecular flexibility index (Phi) is 11.6. The monoisotopic (exact) mass is 778 g/mol. The Hall–Kier alpha value is -4.11. The van der Waals surface area contributed by atoms with E-state index in [0.29, 0.717) is 36.2 Å². The molecule has 2 aromatic carbocycles. The molecule has 52 heavy (non-hydrogen) atoms. The molecule has 0 unspecified atom stereocenters. The van der Waals surface area contributed by atoms with Crippen molar-refractivity contribution >= 4 is 42.8 Å². The molecule has 11 nitrogen and oxygen atoms in total. The molecule has 1 N–H and O–H groups in total. The minimum atomic E-state index is -4.71. The fourth-order valence-corrected chi connectivity index (χ4v) is 7.92. The molecule has 0 amide bonds. The number of rotatable bonds is 16. The van der Waals surface area contributed by atoms with Crippen molar-refractivity contribution in [2.45, 2.75) is 69.7 Å². The maximum atomic E-state index is 16.8. The molecule has 5 aromatic rings. The molecule has 280 valence electrons. The summed E-state index contributed by atoms with van der Waals surface area (Å²) in [5.41, 5.74) is -1.86.